The average molecular weight is 368 g/mol. The summed E-state index contributed by atoms with van der Waals surface area (Å²) in [5.74, 6) is 2.29. The highest BCUT2D eigenvalue weighted by molar-refractivity contribution is 5.79. The van der Waals surface area contributed by atoms with E-state index in [1.165, 1.54) is 0 Å². The number of hydrogen-bond acceptors (Lipinski definition) is 5. The molecule has 0 radical (unpaired) electrons. The van der Waals surface area contributed by atoms with Gasteiger partial charge in [0.05, 0.1) is 13.3 Å². The molecule has 1 aromatic carbocycles. The summed E-state index contributed by atoms with van der Waals surface area (Å²) in [7, 11) is 1.62. The lowest BCUT2D eigenvalue weighted by molar-refractivity contribution is -0.139. The van der Waals surface area contributed by atoms with E-state index < -0.39 is 0 Å². The van der Waals surface area contributed by atoms with Gasteiger partial charge in [0.2, 0.25) is 0 Å². The average Bonchev–Trinajstić information content (AvgIpc) is 2.98. The summed E-state index contributed by atoms with van der Waals surface area (Å²) in [4.78, 5) is 18.9. The molecule has 142 valence electrons. The molecule has 27 heavy (non-hydrogen) atoms. The van der Waals surface area contributed by atoms with Crippen molar-refractivity contribution in [3.63, 3.8) is 0 Å². The highest BCUT2D eigenvalue weighted by Gasteiger charge is 2.44. The van der Waals surface area contributed by atoms with E-state index in [9.17, 15) is 4.79 Å². The lowest BCUT2D eigenvalue weighted by Gasteiger charge is -2.38. The molecular formula is C21H24N2O4. The second-order valence-corrected chi connectivity index (χ2v) is 7.05. The smallest absolute Gasteiger partial charge is 0.261 e. The number of fused-ring (bicyclic) bond motifs is 2. The fourth-order valence-electron chi connectivity index (χ4n) is 4.13. The fraction of sp³-hybridized carbons (Fsp3) is 0.429. The Kier molecular flexibility index (Phi) is 5.14. The molecule has 4 rings (SSSR count). The van der Waals surface area contributed by atoms with Crippen molar-refractivity contribution in [1.82, 2.24) is 9.88 Å². The van der Waals surface area contributed by atoms with Gasteiger partial charge in [0.1, 0.15) is 23.4 Å². The lowest BCUT2D eigenvalue weighted by atomic mass is 9.99. The predicted molar refractivity (Wildman–Crippen MR) is 100 cm³/mol. The molecule has 0 N–H and O–H groups in total. The topological polar surface area (TPSA) is 60.9 Å². The predicted octanol–water partition coefficient (Wildman–Crippen LogP) is 3.07. The summed E-state index contributed by atoms with van der Waals surface area (Å²) in [5, 5.41) is 0. The van der Waals surface area contributed by atoms with Gasteiger partial charge in [-0.15, -0.1) is 0 Å². The molecule has 6 nitrogen and oxygen atoms in total. The maximum atomic E-state index is 12.7. The Morgan fingerprint density at radius 1 is 1.07 bits per heavy atom. The number of hydrogen-bond donors (Lipinski definition) is 0. The number of amides is 1. The van der Waals surface area contributed by atoms with Crippen molar-refractivity contribution in [2.45, 2.75) is 43.9 Å². The monoisotopic (exact) mass is 368 g/mol. The first-order valence-electron chi connectivity index (χ1n) is 9.37. The van der Waals surface area contributed by atoms with E-state index in [4.69, 9.17) is 14.2 Å². The number of rotatable bonds is 6. The molecule has 1 amide bonds. The molecule has 1 aromatic heterocycles. The molecule has 2 atom stereocenters. The molecule has 0 spiro atoms. The summed E-state index contributed by atoms with van der Waals surface area (Å²) >= 11 is 0. The summed E-state index contributed by atoms with van der Waals surface area (Å²) in [6.07, 6.45) is 7.40. The summed E-state index contributed by atoms with van der Waals surface area (Å²) in [5.41, 5.74) is 0. The van der Waals surface area contributed by atoms with Crippen LogP contribution in [0.15, 0.2) is 48.8 Å². The van der Waals surface area contributed by atoms with Crippen LogP contribution in [0.3, 0.4) is 0 Å². The summed E-state index contributed by atoms with van der Waals surface area (Å²) < 4.78 is 16.9. The number of piperidine rings is 1. The van der Waals surface area contributed by atoms with Crippen molar-refractivity contribution in [3.05, 3.63) is 48.8 Å². The minimum Gasteiger partial charge on any atom is -0.497 e. The van der Waals surface area contributed by atoms with Crippen LogP contribution in [0.25, 0.3) is 0 Å². The number of aromatic nitrogens is 1. The van der Waals surface area contributed by atoms with Crippen LogP contribution in [0.5, 0.6) is 17.2 Å². The van der Waals surface area contributed by atoms with E-state index in [1.807, 2.05) is 41.3 Å². The van der Waals surface area contributed by atoms with E-state index >= 15 is 0 Å². The van der Waals surface area contributed by atoms with Gasteiger partial charge in [0.15, 0.2) is 6.61 Å². The molecule has 3 heterocycles. The lowest BCUT2D eigenvalue weighted by Crippen LogP contribution is -2.50. The molecule has 2 unspecified atom stereocenters. The third-order valence-corrected chi connectivity index (χ3v) is 5.34. The number of ether oxygens (including phenoxy) is 3. The van der Waals surface area contributed by atoms with Crippen molar-refractivity contribution in [3.8, 4) is 17.2 Å². The first kappa shape index (κ1) is 17.6. The van der Waals surface area contributed by atoms with E-state index in [1.54, 1.807) is 19.5 Å². The van der Waals surface area contributed by atoms with Crippen LogP contribution < -0.4 is 14.2 Å². The first-order valence-corrected chi connectivity index (χ1v) is 9.37. The van der Waals surface area contributed by atoms with Gasteiger partial charge < -0.3 is 19.1 Å². The first-order chi connectivity index (χ1) is 13.2. The number of nitrogens with zero attached hydrogens (tertiary/aromatic N) is 2. The fourth-order valence-corrected chi connectivity index (χ4v) is 4.13. The van der Waals surface area contributed by atoms with E-state index in [2.05, 4.69) is 4.98 Å². The molecule has 2 aromatic rings. The molecule has 6 heteroatoms. The van der Waals surface area contributed by atoms with Gasteiger partial charge in [0.25, 0.3) is 5.91 Å². The Morgan fingerprint density at radius 2 is 1.78 bits per heavy atom. The van der Waals surface area contributed by atoms with Gasteiger partial charge in [0, 0.05) is 31.1 Å². The molecule has 2 bridgehead atoms. The molecular weight excluding hydrogens is 344 g/mol. The number of methoxy groups -OCH3 is 1. The van der Waals surface area contributed by atoms with Crippen LogP contribution in [-0.2, 0) is 4.79 Å². The Bertz CT molecular complexity index is 752. The number of benzene rings is 1. The number of carbonyl (C=O) groups is 1. The quantitative estimate of drug-likeness (QED) is 0.784. The minimum atomic E-state index is 0.0538. The maximum Gasteiger partial charge on any atom is 0.261 e. The van der Waals surface area contributed by atoms with Gasteiger partial charge >= 0.3 is 0 Å². The second kappa shape index (κ2) is 7.86. The van der Waals surface area contributed by atoms with Gasteiger partial charge in [-0.25, -0.2) is 0 Å². The standard InChI is InChI=1S/C21H24N2O4/c1-25-17-6-8-18(9-7-17)26-14-21(24)23-15-4-5-16(23)12-20(11-15)27-19-3-2-10-22-13-19/h2-3,6-10,13,15-16,20H,4-5,11-12,14H2,1H3. The van der Waals surface area contributed by atoms with Crippen molar-refractivity contribution in [2.24, 2.45) is 0 Å². The number of carbonyl (C=O) groups excluding carboxylic acids is 1. The third kappa shape index (κ3) is 3.99. The third-order valence-electron chi connectivity index (χ3n) is 5.34. The number of pyridine rings is 1. The van der Waals surface area contributed by atoms with Crippen molar-refractivity contribution < 1.29 is 19.0 Å². The van der Waals surface area contributed by atoms with Crippen LogP contribution >= 0.6 is 0 Å². The largest absolute Gasteiger partial charge is 0.497 e. The van der Waals surface area contributed by atoms with E-state index in [0.717, 1.165) is 37.2 Å². The molecule has 2 fully saturated rings. The highest BCUT2D eigenvalue weighted by atomic mass is 16.5. The van der Waals surface area contributed by atoms with Gasteiger partial charge in [-0.1, -0.05) is 0 Å². The van der Waals surface area contributed by atoms with E-state index in [-0.39, 0.29) is 30.7 Å². The van der Waals surface area contributed by atoms with Gasteiger partial charge in [-0.2, -0.15) is 0 Å². The summed E-state index contributed by atoms with van der Waals surface area (Å²) in [6.45, 7) is 0.0630. The van der Waals surface area contributed by atoms with Crippen molar-refractivity contribution in [2.75, 3.05) is 13.7 Å². The Balaban J connectivity index is 1.32. The van der Waals surface area contributed by atoms with Crippen molar-refractivity contribution in [1.29, 1.82) is 0 Å². The van der Waals surface area contributed by atoms with Crippen LogP contribution in [0, 0.1) is 0 Å². The highest BCUT2D eigenvalue weighted by Crippen LogP contribution is 2.37. The Hall–Kier alpha value is -2.76. The van der Waals surface area contributed by atoms with Crippen LogP contribution in [0.4, 0.5) is 0 Å². The normalized spacial score (nSPS) is 23.7. The maximum absolute atomic E-state index is 12.7. The van der Waals surface area contributed by atoms with Gasteiger partial charge in [-0.05, 0) is 49.2 Å². The molecule has 0 aliphatic carbocycles. The Labute approximate surface area is 159 Å². The zero-order chi connectivity index (χ0) is 18.6. The Morgan fingerprint density at radius 3 is 2.41 bits per heavy atom. The second-order valence-electron chi connectivity index (χ2n) is 7.05. The summed E-state index contributed by atoms with van der Waals surface area (Å²) in [6, 6.07) is 11.5. The zero-order valence-electron chi connectivity index (χ0n) is 15.4. The van der Waals surface area contributed by atoms with E-state index in [0.29, 0.717) is 5.75 Å². The zero-order valence-corrected chi connectivity index (χ0v) is 15.4. The molecule has 2 aliphatic rings. The van der Waals surface area contributed by atoms with Crippen LogP contribution in [0.1, 0.15) is 25.7 Å². The van der Waals surface area contributed by atoms with Crippen molar-refractivity contribution >= 4 is 5.91 Å². The molecule has 0 saturated carbocycles. The SMILES string of the molecule is COc1ccc(OCC(=O)N2C3CCC2CC(Oc2cccnc2)C3)cc1. The molecule has 2 aliphatic heterocycles. The molecule has 2 saturated heterocycles. The van der Waals surface area contributed by atoms with Gasteiger partial charge in [-0.3, -0.25) is 9.78 Å². The minimum absolute atomic E-state index is 0.0538. The van der Waals surface area contributed by atoms with Crippen LogP contribution in [-0.4, -0.2) is 47.7 Å². The van der Waals surface area contributed by atoms with Crippen LogP contribution in [0.2, 0.25) is 0 Å².